The first-order chi connectivity index (χ1) is 11.6. The fourth-order valence-corrected chi connectivity index (χ4v) is 3.73. The molecular weight excluding hydrogens is 288 g/mol. The number of fused-ring (bicyclic) bond motifs is 5. The third-order valence-corrected chi connectivity index (χ3v) is 4.79. The van der Waals surface area contributed by atoms with Gasteiger partial charge in [-0.2, -0.15) is 0 Å². The maximum Gasteiger partial charge on any atom is 0.0159 e. The molecule has 0 unspecified atom stereocenters. The van der Waals surface area contributed by atoms with Crippen LogP contribution in [0.1, 0.15) is 58.2 Å². The van der Waals surface area contributed by atoms with Crippen molar-refractivity contribution in [3.63, 3.8) is 0 Å². The molecule has 3 aromatic rings. The standard InChI is InChI=1S/C20H18.2C2H6/c1-13-12-18-19(15-9-5-4-8-14(13)15)16-10-6-7-11-17(16)20(18,2)3;2*1-2/h4-12H,1-3H3;2*1-2H3. The van der Waals surface area contributed by atoms with E-state index in [1.165, 1.54) is 38.6 Å². The van der Waals surface area contributed by atoms with E-state index in [-0.39, 0.29) is 5.41 Å². The fraction of sp³-hybridized carbons (Fsp3) is 0.333. The quantitative estimate of drug-likeness (QED) is 0.402. The Morgan fingerprint density at radius 2 is 1.21 bits per heavy atom. The normalized spacial score (nSPS) is 13.1. The lowest BCUT2D eigenvalue weighted by Crippen LogP contribution is -2.15. The summed E-state index contributed by atoms with van der Waals surface area (Å²) in [6, 6.07) is 20.0. The van der Waals surface area contributed by atoms with Crippen molar-refractivity contribution in [3.05, 3.63) is 71.3 Å². The summed E-state index contributed by atoms with van der Waals surface area (Å²) in [5.74, 6) is 0. The number of hydrogen-bond donors (Lipinski definition) is 0. The molecule has 0 nitrogen and oxygen atoms in total. The molecular formula is C24H30. The summed E-state index contributed by atoms with van der Waals surface area (Å²) in [6.07, 6.45) is 0. The van der Waals surface area contributed by atoms with Crippen molar-refractivity contribution in [2.24, 2.45) is 0 Å². The van der Waals surface area contributed by atoms with Gasteiger partial charge in [0.1, 0.15) is 0 Å². The van der Waals surface area contributed by atoms with Gasteiger partial charge in [0, 0.05) is 5.41 Å². The Hall–Kier alpha value is -2.08. The third kappa shape index (κ3) is 2.65. The molecule has 0 N–H and O–H groups in total. The van der Waals surface area contributed by atoms with E-state index in [9.17, 15) is 0 Å². The Labute approximate surface area is 147 Å². The molecule has 1 aliphatic carbocycles. The van der Waals surface area contributed by atoms with Gasteiger partial charge >= 0.3 is 0 Å². The number of aryl methyl sites for hydroxylation is 1. The van der Waals surface area contributed by atoms with E-state index in [1.807, 2.05) is 27.7 Å². The zero-order chi connectivity index (χ0) is 17.9. The van der Waals surface area contributed by atoms with E-state index in [0.717, 1.165) is 0 Å². The van der Waals surface area contributed by atoms with E-state index in [4.69, 9.17) is 0 Å². The first-order valence-corrected chi connectivity index (χ1v) is 9.23. The van der Waals surface area contributed by atoms with Crippen molar-refractivity contribution in [2.75, 3.05) is 0 Å². The Morgan fingerprint density at radius 3 is 1.88 bits per heavy atom. The van der Waals surface area contributed by atoms with Crippen LogP contribution in [-0.2, 0) is 5.41 Å². The summed E-state index contributed by atoms with van der Waals surface area (Å²) in [4.78, 5) is 0. The second-order valence-electron chi connectivity index (χ2n) is 6.33. The zero-order valence-electron chi connectivity index (χ0n) is 16.2. The molecule has 0 bridgehead atoms. The van der Waals surface area contributed by atoms with Gasteiger partial charge < -0.3 is 0 Å². The summed E-state index contributed by atoms with van der Waals surface area (Å²) >= 11 is 0. The highest BCUT2D eigenvalue weighted by molar-refractivity contribution is 6.03. The highest BCUT2D eigenvalue weighted by Gasteiger charge is 2.36. The van der Waals surface area contributed by atoms with Gasteiger partial charge in [-0.1, -0.05) is 96.1 Å². The van der Waals surface area contributed by atoms with Crippen LogP contribution in [0, 0.1) is 6.92 Å². The topological polar surface area (TPSA) is 0 Å². The van der Waals surface area contributed by atoms with Crippen LogP contribution < -0.4 is 0 Å². The van der Waals surface area contributed by atoms with Crippen LogP contribution in [0.25, 0.3) is 21.9 Å². The lowest BCUT2D eigenvalue weighted by Gasteiger charge is -2.22. The van der Waals surface area contributed by atoms with Crippen LogP contribution >= 0.6 is 0 Å². The van der Waals surface area contributed by atoms with Gasteiger partial charge in [0.2, 0.25) is 0 Å². The molecule has 126 valence electrons. The highest BCUT2D eigenvalue weighted by Crippen LogP contribution is 2.51. The molecule has 0 saturated carbocycles. The van der Waals surface area contributed by atoms with E-state index in [2.05, 4.69) is 75.4 Å². The molecule has 0 aliphatic heterocycles. The molecule has 0 amide bonds. The maximum absolute atomic E-state index is 2.39. The van der Waals surface area contributed by atoms with Gasteiger partial charge in [0.25, 0.3) is 0 Å². The molecule has 24 heavy (non-hydrogen) atoms. The Balaban J connectivity index is 0.000000487. The average Bonchev–Trinajstić information content (AvgIpc) is 2.87. The molecule has 0 heterocycles. The number of rotatable bonds is 0. The molecule has 0 fully saturated rings. The van der Waals surface area contributed by atoms with E-state index in [0.29, 0.717) is 0 Å². The molecule has 4 rings (SSSR count). The van der Waals surface area contributed by atoms with E-state index in [1.54, 1.807) is 0 Å². The lowest BCUT2D eigenvalue weighted by molar-refractivity contribution is 0.660. The predicted molar refractivity (Wildman–Crippen MR) is 109 cm³/mol. The van der Waals surface area contributed by atoms with Gasteiger partial charge in [0.05, 0.1) is 0 Å². The summed E-state index contributed by atoms with van der Waals surface area (Å²) in [6.45, 7) is 14.9. The van der Waals surface area contributed by atoms with Crippen LogP contribution in [0.5, 0.6) is 0 Å². The Bertz CT molecular complexity index is 838. The summed E-state index contributed by atoms with van der Waals surface area (Å²) in [7, 11) is 0. The minimum atomic E-state index is 0.0979. The van der Waals surface area contributed by atoms with Gasteiger partial charge in [-0.25, -0.2) is 0 Å². The van der Waals surface area contributed by atoms with Crippen LogP contribution in [0.4, 0.5) is 0 Å². The van der Waals surface area contributed by atoms with E-state index < -0.39 is 0 Å². The molecule has 0 aromatic heterocycles. The second-order valence-corrected chi connectivity index (χ2v) is 6.33. The lowest BCUT2D eigenvalue weighted by atomic mass is 9.81. The summed E-state index contributed by atoms with van der Waals surface area (Å²) < 4.78 is 0. The molecule has 0 heteroatoms. The van der Waals surface area contributed by atoms with Gasteiger partial charge in [0.15, 0.2) is 0 Å². The van der Waals surface area contributed by atoms with Crippen molar-refractivity contribution >= 4 is 10.8 Å². The molecule has 0 atom stereocenters. The van der Waals surface area contributed by atoms with Crippen LogP contribution in [-0.4, -0.2) is 0 Å². The predicted octanol–water partition coefficient (Wildman–Crippen LogP) is 7.51. The Kier molecular flexibility index (Phi) is 5.49. The Morgan fingerprint density at radius 1 is 0.667 bits per heavy atom. The minimum absolute atomic E-state index is 0.0979. The van der Waals surface area contributed by atoms with Crippen molar-refractivity contribution in [2.45, 2.75) is 53.9 Å². The first-order valence-electron chi connectivity index (χ1n) is 9.23. The SMILES string of the molecule is CC.CC.Cc1cc2c(c3ccccc13)-c1ccccc1C2(C)C. The van der Waals surface area contributed by atoms with Gasteiger partial charge in [-0.05, 0) is 45.5 Å². The first kappa shape index (κ1) is 18.3. The van der Waals surface area contributed by atoms with Crippen LogP contribution in [0.3, 0.4) is 0 Å². The molecule has 0 radical (unpaired) electrons. The number of benzene rings is 3. The summed E-state index contributed by atoms with van der Waals surface area (Å²) in [5, 5.41) is 2.76. The monoisotopic (exact) mass is 318 g/mol. The minimum Gasteiger partial charge on any atom is -0.0683 e. The molecule has 0 spiro atoms. The van der Waals surface area contributed by atoms with E-state index >= 15 is 0 Å². The molecule has 0 saturated heterocycles. The number of hydrogen-bond acceptors (Lipinski definition) is 0. The average molecular weight is 319 g/mol. The smallest absolute Gasteiger partial charge is 0.0159 e. The zero-order valence-corrected chi connectivity index (χ0v) is 16.2. The largest absolute Gasteiger partial charge is 0.0683 e. The highest BCUT2D eigenvalue weighted by atomic mass is 14.4. The van der Waals surface area contributed by atoms with Crippen LogP contribution in [0.2, 0.25) is 0 Å². The molecule has 1 aliphatic rings. The maximum atomic E-state index is 2.39. The molecule has 3 aromatic carbocycles. The van der Waals surface area contributed by atoms with Crippen molar-refractivity contribution in [1.29, 1.82) is 0 Å². The third-order valence-electron chi connectivity index (χ3n) is 4.79. The van der Waals surface area contributed by atoms with Crippen molar-refractivity contribution in [1.82, 2.24) is 0 Å². The van der Waals surface area contributed by atoms with Gasteiger partial charge in [-0.3, -0.25) is 0 Å². The van der Waals surface area contributed by atoms with Gasteiger partial charge in [-0.15, -0.1) is 0 Å². The second kappa shape index (κ2) is 7.21. The van der Waals surface area contributed by atoms with Crippen molar-refractivity contribution < 1.29 is 0 Å². The summed E-state index contributed by atoms with van der Waals surface area (Å²) in [5.41, 5.74) is 7.23. The van der Waals surface area contributed by atoms with Crippen LogP contribution in [0.15, 0.2) is 54.6 Å². The fourth-order valence-electron chi connectivity index (χ4n) is 3.73. The van der Waals surface area contributed by atoms with Crippen molar-refractivity contribution in [3.8, 4) is 11.1 Å².